The summed E-state index contributed by atoms with van der Waals surface area (Å²) < 4.78 is 71.4. The maximum absolute atomic E-state index is 14.2. The van der Waals surface area contributed by atoms with Crippen molar-refractivity contribution in [1.82, 2.24) is 39.3 Å². The van der Waals surface area contributed by atoms with Crippen LogP contribution < -0.4 is 22.5 Å². The van der Waals surface area contributed by atoms with Gasteiger partial charge in [0.25, 0.3) is 0 Å². The van der Waals surface area contributed by atoms with Gasteiger partial charge in [-0.25, -0.2) is 43.3 Å². The molecule has 3 fully saturated rings. The fourth-order valence-corrected chi connectivity index (χ4v) is 9.54. The normalized spacial score (nSPS) is 26.0. The van der Waals surface area contributed by atoms with Crippen LogP contribution in [0.5, 0.6) is 0 Å². The Bertz CT molecular complexity index is 2430. The molecule has 9 N–H and O–H groups in total. The highest BCUT2D eigenvalue weighted by Crippen LogP contribution is 2.50. The minimum Gasteiger partial charge on any atom is -0.455 e. The van der Waals surface area contributed by atoms with Crippen LogP contribution in [-0.2, 0) is 51.2 Å². The van der Waals surface area contributed by atoms with E-state index in [9.17, 15) is 48.1 Å². The molecule has 67 heavy (non-hydrogen) atoms. The molecule has 3 saturated heterocycles. The van der Waals surface area contributed by atoms with Crippen molar-refractivity contribution in [2.45, 2.75) is 126 Å². The summed E-state index contributed by atoms with van der Waals surface area (Å²) in [5, 5.41) is 14.1. The summed E-state index contributed by atoms with van der Waals surface area (Å²) in [6.07, 6.45) is -8.74. The van der Waals surface area contributed by atoms with Gasteiger partial charge >= 0.3 is 39.5 Å². The van der Waals surface area contributed by atoms with E-state index in [1.807, 2.05) is 0 Å². The molecule has 0 spiro atoms. The number of amides is 2. The number of hydrogen-bond acceptors (Lipinski definition) is 22. The van der Waals surface area contributed by atoms with E-state index in [1.54, 1.807) is 41.5 Å². The largest absolute Gasteiger partial charge is 0.472 e. The van der Waals surface area contributed by atoms with Crippen molar-refractivity contribution in [1.29, 1.82) is 0 Å². The molecule has 28 nitrogen and oxygen atoms in total. The van der Waals surface area contributed by atoms with Gasteiger partial charge in [0.1, 0.15) is 65.5 Å². The molecule has 3 aliphatic heterocycles. The van der Waals surface area contributed by atoms with Gasteiger partial charge in [-0.15, -0.1) is 11.8 Å². The monoisotopic (exact) mass is 1010 g/mol. The molecule has 0 radical (unpaired) electrons. The van der Waals surface area contributed by atoms with Gasteiger partial charge < -0.3 is 60.3 Å². The predicted molar refractivity (Wildman–Crippen MR) is 231 cm³/mol. The highest BCUT2D eigenvalue weighted by atomic mass is 32.2. The number of imidazole rings is 1. The third-order valence-electron chi connectivity index (χ3n) is 9.94. The van der Waals surface area contributed by atoms with Gasteiger partial charge in [0.15, 0.2) is 23.8 Å². The molecule has 2 amide bonds. The van der Waals surface area contributed by atoms with Crippen LogP contribution >= 0.6 is 27.4 Å². The van der Waals surface area contributed by atoms with Gasteiger partial charge in [-0.05, 0) is 60.5 Å². The fourth-order valence-electron chi connectivity index (χ4n) is 7.04. The lowest BCUT2D eigenvalue weighted by molar-refractivity contribution is -0.159. The third-order valence-corrected chi connectivity index (χ3v) is 12.8. The Morgan fingerprint density at radius 3 is 2.36 bits per heavy atom. The molecule has 6 heterocycles. The molecular weight excluding hydrogens is 954 g/mol. The molecule has 2 unspecified atom stereocenters. The maximum atomic E-state index is 14.2. The van der Waals surface area contributed by atoms with Crippen molar-refractivity contribution < 1.29 is 80.6 Å². The lowest BCUT2D eigenvalue weighted by Gasteiger charge is -2.27. The average molecular weight is 1010 g/mol. The van der Waals surface area contributed by atoms with E-state index in [1.165, 1.54) is 39.8 Å². The first-order valence-electron chi connectivity index (χ1n) is 20.6. The molecule has 372 valence electrons. The molecule has 3 aromatic heterocycles. The number of phosphoric acid groups is 2. The van der Waals surface area contributed by atoms with E-state index < -0.39 is 113 Å². The van der Waals surface area contributed by atoms with Crippen LogP contribution in [0.25, 0.3) is 11.2 Å². The first-order chi connectivity index (χ1) is 31.1. The van der Waals surface area contributed by atoms with Crippen LogP contribution in [0.3, 0.4) is 0 Å². The summed E-state index contributed by atoms with van der Waals surface area (Å²) in [6, 6.07) is -0.133. The molecule has 0 saturated carbocycles. The zero-order chi connectivity index (χ0) is 49.2. The number of ether oxygens (including phenoxy) is 5. The Hall–Kier alpha value is -4.51. The minimum atomic E-state index is -5.27. The number of phosphoric ester groups is 2. The standard InChI is InChI=1S/C36H54N10O18P2S/c1-35(2,3)62-33(50)42-19(8-7-18-12-44(17-67-18)34(51)63-36(4,5)6)31(48)61-27-22(60-30(26(27)47)46-16-41-25-28(38)39-15-40-29(25)46)14-58-66(55,56)64-20-11-24(45-10-9-23(37)43-32(45)49)59-21(20)13-57-65(52,53)54/h9-10,15-16,18-22,24,26-27,30,47H,7-8,11-14,17H2,1-6H3,(H,42,50)(H,55,56)(H2,37,43,49)(H2,38,39,40)(H2,52,53,54)/t18?,19-,20-,21-,22-,24+,26+,27+,30+/m0/s1. The summed E-state index contributed by atoms with van der Waals surface area (Å²) in [6.45, 7) is 8.57. The van der Waals surface area contributed by atoms with E-state index in [4.69, 9.17) is 44.2 Å². The second-order valence-electron chi connectivity index (χ2n) is 17.5. The second kappa shape index (κ2) is 20.6. The van der Waals surface area contributed by atoms with Gasteiger partial charge in [-0.3, -0.25) is 27.6 Å². The SMILES string of the molecule is CC(C)(C)OC(=O)N[C@@H](CCC1CN(C(=O)OC(C)(C)C)CS1)C(=O)O[C@H]1[C@@H](O)[C@H](n2cnc3c(N)ncnc32)O[C@H]1COP(=O)(O)O[C@H]1C[C@H](n2ccc(N)nc2=O)O[C@H]1COP(=O)(O)O. The number of hydrogen-bond donors (Lipinski definition) is 7. The molecule has 0 aromatic carbocycles. The Balaban J connectivity index is 1.21. The van der Waals surface area contributed by atoms with Crippen LogP contribution in [0.4, 0.5) is 21.2 Å². The predicted octanol–water partition coefficient (Wildman–Crippen LogP) is 1.30. The number of rotatable bonds is 16. The van der Waals surface area contributed by atoms with E-state index >= 15 is 0 Å². The maximum Gasteiger partial charge on any atom is 0.472 e. The van der Waals surface area contributed by atoms with E-state index in [0.717, 1.165) is 10.9 Å². The Morgan fingerprint density at radius 2 is 1.69 bits per heavy atom. The van der Waals surface area contributed by atoms with Gasteiger partial charge in [0.2, 0.25) is 0 Å². The van der Waals surface area contributed by atoms with Crippen molar-refractivity contribution in [3.05, 3.63) is 35.4 Å². The number of nitrogens with two attached hydrogens (primary N) is 2. The van der Waals surface area contributed by atoms with E-state index in [-0.39, 0.29) is 53.9 Å². The fraction of sp³-hybridized carbons (Fsp3) is 0.667. The highest BCUT2D eigenvalue weighted by Gasteiger charge is 2.50. The Morgan fingerprint density at radius 1 is 0.985 bits per heavy atom. The number of thioether (sulfide) groups is 1. The van der Waals surface area contributed by atoms with E-state index in [2.05, 4.69) is 29.8 Å². The van der Waals surface area contributed by atoms with Gasteiger partial charge in [0.05, 0.1) is 25.4 Å². The number of anilines is 2. The van der Waals surface area contributed by atoms with Crippen molar-refractivity contribution in [2.75, 3.05) is 37.1 Å². The minimum absolute atomic E-state index is 0.0108. The van der Waals surface area contributed by atoms with Crippen LogP contribution in [0.1, 0.15) is 73.3 Å². The Labute approximate surface area is 386 Å². The quantitative estimate of drug-likeness (QED) is 0.0604. The van der Waals surface area contributed by atoms with Crippen LogP contribution in [0.2, 0.25) is 0 Å². The number of alkyl carbamates (subject to hydrolysis) is 1. The van der Waals surface area contributed by atoms with Gasteiger partial charge in [0, 0.05) is 24.4 Å². The number of aliphatic hydroxyl groups excluding tert-OH is 1. The molecule has 6 rings (SSSR count). The topological polar surface area (TPSA) is 386 Å². The van der Waals surface area contributed by atoms with Crippen molar-refractivity contribution in [3.8, 4) is 0 Å². The lowest BCUT2D eigenvalue weighted by Crippen LogP contribution is -2.48. The first-order valence-corrected chi connectivity index (χ1v) is 24.6. The first kappa shape index (κ1) is 51.9. The van der Waals surface area contributed by atoms with Crippen LogP contribution in [0.15, 0.2) is 29.7 Å². The third kappa shape index (κ3) is 14.0. The summed E-state index contributed by atoms with van der Waals surface area (Å²) >= 11 is 1.44. The number of aliphatic hydroxyl groups is 1. The summed E-state index contributed by atoms with van der Waals surface area (Å²) in [5.41, 5.74) is 9.21. The summed E-state index contributed by atoms with van der Waals surface area (Å²) in [7, 11) is -10.4. The molecule has 31 heteroatoms. The zero-order valence-electron chi connectivity index (χ0n) is 37.0. The van der Waals surface area contributed by atoms with Gasteiger partial charge in [-0.2, -0.15) is 4.98 Å². The zero-order valence-corrected chi connectivity index (χ0v) is 39.7. The smallest absolute Gasteiger partial charge is 0.455 e. The van der Waals surface area contributed by atoms with Gasteiger partial charge in [-0.1, -0.05) is 0 Å². The van der Waals surface area contributed by atoms with E-state index in [0.29, 0.717) is 5.88 Å². The number of nitrogens with zero attached hydrogens (tertiary/aromatic N) is 7. The lowest BCUT2D eigenvalue weighted by atomic mass is 10.1. The number of aromatic nitrogens is 6. The molecule has 0 bridgehead atoms. The number of esters is 1. The number of carbonyl (C=O) groups is 3. The molecule has 3 aromatic rings. The Kier molecular flexibility index (Phi) is 16.0. The number of nitrogen functional groups attached to an aromatic ring is 2. The van der Waals surface area contributed by atoms with Crippen LogP contribution in [-0.4, -0.2) is 151 Å². The van der Waals surface area contributed by atoms with Crippen molar-refractivity contribution >= 4 is 68.4 Å². The number of nitrogens with one attached hydrogen (secondary N) is 1. The number of fused-ring (bicyclic) bond motifs is 1. The number of carbonyl (C=O) groups excluding carboxylic acids is 3. The van der Waals surface area contributed by atoms with Crippen LogP contribution in [0, 0.1) is 0 Å². The summed E-state index contributed by atoms with van der Waals surface area (Å²) in [4.78, 5) is 99.7. The van der Waals surface area contributed by atoms with Crippen molar-refractivity contribution in [2.24, 2.45) is 0 Å². The molecular formula is C36H54N10O18P2S. The summed E-state index contributed by atoms with van der Waals surface area (Å²) in [5.74, 6) is -0.881. The molecule has 3 aliphatic rings. The van der Waals surface area contributed by atoms with Crippen molar-refractivity contribution in [3.63, 3.8) is 0 Å². The molecule has 10 atom stereocenters. The average Bonchev–Trinajstić information content (AvgIpc) is 4.00. The highest BCUT2D eigenvalue weighted by molar-refractivity contribution is 8.00. The second-order valence-corrected chi connectivity index (χ2v) is 21.4. The molecule has 0 aliphatic carbocycles.